The van der Waals surface area contributed by atoms with Crippen LogP contribution >= 0.6 is 0 Å². The van der Waals surface area contributed by atoms with Gasteiger partial charge in [-0.25, -0.2) is 0 Å². The molecule has 0 bridgehead atoms. The van der Waals surface area contributed by atoms with Gasteiger partial charge in [-0.05, 0) is 36.6 Å². The number of carbonyl (C=O) groups is 2. The van der Waals surface area contributed by atoms with Crippen molar-refractivity contribution in [2.24, 2.45) is 11.0 Å². The van der Waals surface area contributed by atoms with Crippen LogP contribution in [0, 0.1) is 16.0 Å². The lowest BCUT2D eigenvalue weighted by atomic mass is 9.95. The number of nitro benzene ring substituents is 1. The Labute approximate surface area is 178 Å². The summed E-state index contributed by atoms with van der Waals surface area (Å²) in [6.07, 6.45) is 2.51. The number of nitrogens with zero attached hydrogens (tertiary/aromatic N) is 3. The molecule has 160 valence electrons. The average molecular weight is 422 g/mol. The van der Waals surface area contributed by atoms with Crippen molar-refractivity contribution < 1.29 is 19.6 Å². The Bertz CT molecular complexity index is 1080. The highest BCUT2D eigenvalue weighted by Gasteiger charge is 2.37. The zero-order valence-electron chi connectivity index (χ0n) is 17.1. The normalized spacial score (nSPS) is 15.7. The number of carboxylic acids is 1. The number of carbonyl (C=O) groups excluding carboxylic acids is 1. The number of nitro groups is 1. The molecule has 1 amide bonds. The predicted molar refractivity (Wildman–Crippen MR) is 117 cm³/mol. The standard InChI is InChI=1S/C22H22N4O5/c1-3-14-7-5-6-8-19(14)23-13-18-20(17(4-2)22(28)29)24-25(21(18)27)15-9-11-16(12-10-15)26(30)31/h5-13,17,23H,3-4H2,1-2H3,(H,28,29). The molecule has 0 saturated carbocycles. The second-order valence-corrected chi connectivity index (χ2v) is 6.89. The van der Waals surface area contributed by atoms with Crippen LogP contribution < -0.4 is 10.3 Å². The smallest absolute Gasteiger partial charge is 0.312 e. The van der Waals surface area contributed by atoms with Gasteiger partial charge in [-0.3, -0.25) is 19.7 Å². The summed E-state index contributed by atoms with van der Waals surface area (Å²) in [4.78, 5) is 35.3. The fourth-order valence-corrected chi connectivity index (χ4v) is 3.32. The molecule has 2 N–H and O–H groups in total. The van der Waals surface area contributed by atoms with E-state index in [2.05, 4.69) is 10.4 Å². The minimum atomic E-state index is -1.08. The molecule has 0 aliphatic carbocycles. The lowest BCUT2D eigenvalue weighted by molar-refractivity contribution is -0.384. The number of carboxylic acid groups (broad SMARTS) is 1. The molecule has 3 rings (SSSR count). The maximum atomic E-state index is 13.1. The Hall–Kier alpha value is -4.01. The molecule has 2 aromatic rings. The van der Waals surface area contributed by atoms with E-state index < -0.39 is 22.7 Å². The lowest BCUT2D eigenvalue weighted by Crippen LogP contribution is -2.26. The highest BCUT2D eigenvalue weighted by Crippen LogP contribution is 2.29. The average Bonchev–Trinajstić information content (AvgIpc) is 3.08. The van der Waals surface area contributed by atoms with Gasteiger partial charge in [0.05, 0.1) is 21.9 Å². The van der Waals surface area contributed by atoms with Crippen LogP contribution in [0.25, 0.3) is 0 Å². The van der Waals surface area contributed by atoms with Crippen LogP contribution in [0.2, 0.25) is 0 Å². The molecule has 2 aromatic carbocycles. The van der Waals surface area contributed by atoms with E-state index >= 15 is 0 Å². The Balaban J connectivity index is 2.00. The number of nitrogens with one attached hydrogen (secondary N) is 1. The Morgan fingerprint density at radius 3 is 2.48 bits per heavy atom. The molecule has 0 fully saturated rings. The largest absolute Gasteiger partial charge is 0.481 e. The molecule has 9 heteroatoms. The van der Waals surface area contributed by atoms with E-state index in [-0.39, 0.29) is 23.4 Å². The maximum Gasteiger partial charge on any atom is 0.312 e. The van der Waals surface area contributed by atoms with Crippen molar-refractivity contribution in [2.45, 2.75) is 26.7 Å². The molecular weight excluding hydrogens is 400 g/mol. The molecule has 1 atom stereocenters. The van der Waals surface area contributed by atoms with Gasteiger partial charge < -0.3 is 10.4 Å². The van der Waals surface area contributed by atoms with E-state index in [0.29, 0.717) is 5.69 Å². The number of hydrogen-bond acceptors (Lipinski definition) is 6. The van der Waals surface area contributed by atoms with Crippen LogP contribution in [0.1, 0.15) is 25.8 Å². The first-order valence-electron chi connectivity index (χ1n) is 9.82. The summed E-state index contributed by atoms with van der Waals surface area (Å²) in [6, 6.07) is 13.0. The quantitative estimate of drug-likeness (QED) is 0.377. The van der Waals surface area contributed by atoms with Crippen LogP contribution in [-0.2, 0) is 16.0 Å². The maximum absolute atomic E-state index is 13.1. The summed E-state index contributed by atoms with van der Waals surface area (Å²) in [5.74, 6) is -2.56. The number of aliphatic carboxylic acids is 1. The van der Waals surface area contributed by atoms with Crippen molar-refractivity contribution >= 4 is 34.7 Å². The van der Waals surface area contributed by atoms with Crippen molar-refractivity contribution in [3.63, 3.8) is 0 Å². The topological polar surface area (TPSA) is 125 Å². The Kier molecular flexibility index (Phi) is 6.44. The van der Waals surface area contributed by atoms with Gasteiger partial charge in [0, 0.05) is 24.0 Å². The van der Waals surface area contributed by atoms with Crippen LogP contribution in [0.5, 0.6) is 0 Å². The monoisotopic (exact) mass is 422 g/mol. The number of aryl methyl sites for hydroxylation is 1. The number of amides is 1. The molecular formula is C22H22N4O5. The lowest BCUT2D eigenvalue weighted by Gasteiger charge is -2.12. The van der Waals surface area contributed by atoms with Gasteiger partial charge in [0.2, 0.25) is 0 Å². The molecule has 1 heterocycles. The number of hydrogen-bond donors (Lipinski definition) is 2. The fraction of sp³-hybridized carbons (Fsp3) is 0.227. The first-order chi connectivity index (χ1) is 14.9. The molecule has 1 aliphatic heterocycles. The summed E-state index contributed by atoms with van der Waals surface area (Å²) in [5.41, 5.74) is 2.32. The molecule has 1 unspecified atom stereocenters. The van der Waals surface area contributed by atoms with Crippen molar-refractivity contribution in [3.05, 3.63) is 76.0 Å². The van der Waals surface area contributed by atoms with Gasteiger partial charge in [-0.15, -0.1) is 0 Å². The third-order valence-electron chi connectivity index (χ3n) is 5.02. The first-order valence-corrected chi connectivity index (χ1v) is 9.82. The summed E-state index contributed by atoms with van der Waals surface area (Å²) >= 11 is 0. The molecule has 9 nitrogen and oxygen atoms in total. The van der Waals surface area contributed by atoms with E-state index in [0.717, 1.165) is 22.7 Å². The summed E-state index contributed by atoms with van der Waals surface area (Å²) < 4.78 is 0. The van der Waals surface area contributed by atoms with E-state index in [1.807, 2.05) is 31.2 Å². The van der Waals surface area contributed by atoms with E-state index in [4.69, 9.17) is 0 Å². The van der Waals surface area contributed by atoms with Gasteiger partial charge in [0.15, 0.2) is 0 Å². The van der Waals surface area contributed by atoms with Crippen LogP contribution in [0.15, 0.2) is 65.4 Å². The second kappa shape index (κ2) is 9.21. The van der Waals surface area contributed by atoms with Crippen molar-refractivity contribution in [1.82, 2.24) is 0 Å². The highest BCUT2D eigenvalue weighted by molar-refractivity contribution is 6.33. The van der Waals surface area contributed by atoms with Gasteiger partial charge >= 0.3 is 5.97 Å². The number of hydrazone groups is 1. The summed E-state index contributed by atoms with van der Waals surface area (Å²) in [7, 11) is 0. The van der Waals surface area contributed by atoms with Gasteiger partial charge in [-0.2, -0.15) is 10.1 Å². The third-order valence-corrected chi connectivity index (χ3v) is 5.02. The van der Waals surface area contributed by atoms with Gasteiger partial charge in [0.25, 0.3) is 11.6 Å². The number of benzene rings is 2. The number of para-hydroxylation sites is 1. The number of rotatable bonds is 8. The molecule has 0 aromatic heterocycles. The Morgan fingerprint density at radius 1 is 1.23 bits per heavy atom. The van der Waals surface area contributed by atoms with E-state index in [9.17, 15) is 24.8 Å². The van der Waals surface area contributed by atoms with Crippen LogP contribution in [-0.4, -0.2) is 27.6 Å². The molecule has 31 heavy (non-hydrogen) atoms. The van der Waals surface area contributed by atoms with Crippen molar-refractivity contribution in [3.8, 4) is 0 Å². The zero-order valence-corrected chi connectivity index (χ0v) is 17.1. The predicted octanol–water partition coefficient (Wildman–Crippen LogP) is 3.97. The third kappa shape index (κ3) is 4.45. The molecule has 0 spiro atoms. The SMILES string of the molecule is CCc1ccccc1NC=C1C(=O)N(c2ccc([N+](=O)[O-])cc2)N=C1C(CC)C(=O)O. The minimum Gasteiger partial charge on any atom is -0.481 e. The molecule has 0 saturated heterocycles. The minimum absolute atomic E-state index is 0.120. The fourth-order valence-electron chi connectivity index (χ4n) is 3.32. The summed E-state index contributed by atoms with van der Waals surface area (Å²) in [5, 5.41) is 29.0. The first kappa shape index (κ1) is 21.7. The van der Waals surface area contributed by atoms with Crippen molar-refractivity contribution in [1.29, 1.82) is 0 Å². The van der Waals surface area contributed by atoms with Crippen LogP contribution in [0.3, 0.4) is 0 Å². The second-order valence-electron chi connectivity index (χ2n) is 6.89. The van der Waals surface area contributed by atoms with Gasteiger partial charge in [-0.1, -0.05) is 32.0 Å². The van der Waals surface area contributed by atoms with Crippen molar-refractivity contribution in [2.75, 3.05) is 10.3 Å². The highest BCUT2D eigenvalue weighted by atomic mass is 16.6. The van der Waals surface area contributed by atoms with Crippen LogP contribution in [0.4, 0.5) is 17.1 Å². The summed E-state index contributed by atoms with van der Waals surface area (Å²) in [6.45, 7) is 3.72. The van der Waals surface area contributed by atoms with Gasteiger partial charge in [0.1, 0.15) is 5.92 Å². The Morgan fingerprint density at radius 2 is 1.90 bits per heavy atom. The van der Waals surface area contributed by atoms with E-state index in [1.165, 1.54) is 30.5 Å². The zero-order chi connectivity index (χ0) is 22.5. The number of anilines is 2. The molecule has 0 radical (unpaired) electrons. The number of non-ortho nitro benzene ring substituents is 1. The molecule has 1 aliphatic rings. The van der Waals surface area contributed by atoms with E-state index in [1.54, 1.807) is 6.92 Å².